The molecule has 2 fully saturated rings. The Morgan fingerprint density at radius 3 is 2.16 bits per heavy atom. The molecule has 202 valence electrons. The fourth-order valence-corrected chi connectivity index (χ4v) is 5.39. The molecule has 0 aromatic heterocycles. The summed E-state index contributed by atoms with van der Waals surface area (Å²) in [6.45, 7) is 11.5. The highest BCUT2D eigenvalue weighted by Gasteiger charge is 2.53. The molecule has 1 spiro atoms. The maximum absolute atomic E-state index is 13.4. The van der Waals surface area contributed by atoms with Gasteiger partial charge in [-0.15, -0.1) is 12.4 Å². The number of carbonyl (C=O) groups excluding carboxylic acids is 2. The van der Waals surface area contributed by atoms with Crippen LogP contribution in [-0.2, 0) is 16.1 Å². The van der Waals surface area contributed by atoms with Crippen LogP contribution < -0.4 is 10.1 Å². The SMILES string of the molecule is CCCCN1C(=O)[C@H](CC(C)C)NC(=O)C12CCN(Cc1ccc(Oc3ccc(C)cc3)cc1)CC2.Cl. The number of unbranched alkanes of at least 4 members (excludes halogenated alkanes) is 1. The van der Waals surface area contributed by atoms with Crippen LogP contribution in [0.15, 0.2) is 48.5 Å². The summed E-state index contributed by atoms with van der Waals surface area (Å²) in [5.74, 6) is 2.16. The summed E-state index contributed by atoms with van der Waals surface area (Å²) < 4.78 is 5.96. The van der Waals surface area contributed by atoms with Gasteiger partial charge >= 0.3 is 0 Å². The van der Waals surface area contributed by atoms with Gasteiger partial charge in [0.05, 0.1) is 0 Å². The van der Waals surface area contributed by atoms with Gasteiger partial charge in [0.2, 0.25) is 11.8 Å². The highest BCUT2D eigenvalue weighted by atomic mass is 35.5. The van der Waals surface area contributed by atoms with Crippen LogP contribution in [0.4, 0.5) is 0 Å². The smallest absolute Gasteiger partial charge is 0.246 e. The van der Waals surface area contributed by atoms with Crippen molar-refractivity contribution >= 4 is 24.2 Å². The normalized spacial score (nSPS) is 19.6. The standard InChI is InChI=1S/C30H41N3O3.ClH/c1-5-6-17-33-28(34)27(20-22(2)3)31-29(35)30(33)15-18-32(19-16-30)21-24-9-13-26(14-10-24)36-25-11-7-23(4)8-12-25;/h7-14,22,27H,5-6,15-21H2,1-4H3,(H,31,35);1H/t27-;/m0./s1. The Labute approximate surface area is 228 Å². The summed E-state index contributed by atoms with van der Waals surface area (Å²) in [6.07, 6.45) is 3.98. The topological polar surface area (TPSA) is 61.9 Å². The predicted molar refractivity (Wildman–Crippen MR) is 150 cm³/mol. The minimum atomic E-state index is -0.706. The van der Waals surface area contributed by atoms with Crippen LogP contribution in [0.5, 0.6) is 11.5 Å². The summed E-state index contributed by atoms with van der Waals surface area (Å²) >= 11 is 0. The molecule has 0 radical (unpaired) electrons. The van der Waals surface area contributed by atoms with E-state index in [2.05, 4.69) is 50.0 Å². The van der Waals surface area contributed by atoms with Crippen LogP contribution in [0, 0.1) is 12.8 Å². The fourth-order valence-electron chi connectivity index (χ4n) is 5.39. The summed E-state index contributed by atoms with van der Waals surface area (Å²) in [5.41, 5.74) is 1.72. The molecule has 2 aromatic carbocycles. The largest absolute Gasteiger partial charge is 0.457 e. The Hall–Kier alpha value is -2.57. The van der Waals surface area contributed by atoms with Crippen molar-refractivity contribution in [2.75, 3.05) is 19.6 Å². The van der Waals surface area contributed by atoms with Crippen LogP contribution >= 0.6 is 12.4 Å². The molecule has 1 atom stereocenters. The van der Waals surface area contributed by atoms with E-state index in [1.807, 2.05) is 41.3 Å². The molecule has 0 saturated carbocycles. The first-order valence-corrected chi connectivity index (χ1v) is 13.5. The third-order valence-electron chi connectivity index (χ3n) is 7.52. The molecule has 2 aliphatic heterocycles. The zero-order valence-electron chi connectivity index (χ0n) is 22.7. The van der Waals surface area contributed by atoms with E-state index in [1.54, 1.807) is 0 Å². The van der Waals surface area contributed by atoms with Crippen molar-refractivity contribution in [2.24, 2.45) is 5.92 Å². The molecule has 2 amide bonds. The molecule has 1 N–H and O–H groups in total. The number of piperazine rings is 1. The number of nitrogens with zero attached hydrogens (tertiary/aromatic N) is 2. The van der Waals surface area contributed by atoms with Crippen LogP contribution in [0.1, 0.15) is 64.0 Å². The van der Waals surface area contributed by atoms with Crippen molar-refractivity contribution in [1.29, 1.82) is 0 Å². The van der Waals surface area contributed by atoms with Gasteiger partial charge in [-0.2, -0.15) is 0 Å². The molecule has 2 aliphatic rings. The summed E-state index contributed by atoms with van der Waals surface area (Å²) in [7, 11) is 0. The van der Waals surface area contributed by atoms with Crippen LogP contribution in [0.25, 0.3) is 0 Å². The molecule has 0 unspecified atom stereocenters. The van der Waals surface area contributed by atoms with Crippen LogP contribution in [-0.4, -0.2) is 52.8 Å². The number of hydrogen-bond donors (Lipinski definition) is 1. The van der Waals surface area contributed by atoms with Gasteiger partial charge in [0, 0.05) is 26.2 Å². The number of hydrogen-bond acceptors (Lipinski definition) is 4. The van der Waals surface area contributed by atoms with Gasteiger partial charge < -0.3 is 15.0 Å². The maximum Gasteiger partial charge on any atom is 0.246 e. The second-order valence-corrected chi connectivity index (χ2v) is 10.9. The van der Waals surface area contributed by atoms with E-state index >= 15 is 0 Å². The second kappa shape index (κ2) is 12.8. The highest BCUT2D eigenvalue weighted by Crippen LogP contribution is 2.35. The monoisotopic (exact) mass is 527 g/mol. The second-order valence-electron chi connectivity index (χ2n) is 10.9. The van der Waals surface area contributed by atoms with E-state index in [1.165, 1.54) is 11.1 Å². The number of benzene rings is 2. The van der Waals surface area contributed by atoms with Crippen molar-refractivity contribution in [3.63, 3.8) is 0 Å². The number of carbonyl (C=O) groups is 2. The number of piperidine rings is 1. The van der Waals surface area contributed by atoms with Gasteiger partial charge in [0.1, 0.15) is 23.1 Å². The third-order valence-corrected chi connectivity index (χ3v) is 7.52. The van der Waals surface area contributed by atoms with Gasteiger partial charge in [0.25, 0.3) is 0 Å². The first-order chi connectivity index (χ1) is 17.3. The Bertz CT molecular complexity index is 1030. The molecule has 2 saturated heterocycles. The van der Waals surface area contributed by atoms with Crippen molar-refractivity contribution in [1.82, 2.24) is 15.1 Å². The summed E-state index contributed by atoms with van der Waals surface area (Å²) in [5, 5.41) is 3.10. The molecule has 37 heavy (non-hydrogen) atoms. The van der Waals surface area contributed by atoms with Gasteiger partial charge in [0.15, 0.2) is 0 Å². The Morgan fingerprint density at radius 1 is 1.00 bits per heavy atom. The molecule has 2 aromatic rings. The lowest BCUT2D eigenvalue weighted by Gasteiger charge is -2.52. The van der Waals surface area contributed by atoms with E-state index in [9.17, 15) is 9.59 Å². The average Bonchev–Trinajstić information content (AvgIpc) is 2.86. The van der Waals surface area contributed by atoms with Gasteiger partial charge in [-0.1, -0.05) is 57.0 Å². The van der Waals surface area contributed by atoms with Crippen molar-refractivity contribution in [3.05, 3.63) is 59.7 Å². The first kappa shape index (κ1) is 29.0. The predicted octanol–water partition coefficient (Wildman–Crippen LogP) is 5.72. The van der Waals surface area contributed by atoms with Crippen LogP contribution in [0.2, 0.25) is 0 Å². The third kappa shape index (κ3) is 6.85. The number of aryl methyl sites for hydroxylation is 1. The van der Waals surface area contributed by atoms with Crippen molar-refractivity contribution < 1.29 is 14.3 Å². The van der Waals surface area contributed by atoms with E-state index < -0.39 is 11.6 Å². The lowest BCUT2D eigenvalue weighted by molar-refractivity contribution is -0.161. The Balaban J connectivity index is 0.00000380. The zero-order chi connectivity index (χ0) is 25.7. The number of nitrogens with one attached hydrogen (secondary N) is 1. The highest BCUT2D eigenvalue weighted by molar-refractivity contribution is 6.00. The van der Waals surface area contributed by atoms with Crippen molar-refractivity contribution in [2.45, 2.75) is 77.9 Å². The van der Waals surface area contributed by atoms with Gasteiger partial charge in [-0.25, -0.2) is 0 Å². The molecular formula is C30H42ClN3O3. The van der Waals surface area contributed by atoms with Crippen molar-refractivity contribution in [3.8, 4) is 11.5 Å². The molecule has 4 rings (SSSR count). The lowest BCUT2D eigenvalue weighted by Crippen LogP contribution is -2.73. The molecule has 0 aliphatic carbocycles. The summed E-state index contributed by atoms with van der Waals surface area (Å²) in [6, 6.07) is 15.9. The number of likely N-dealkylation sites (tertiary alicyclic amines) is 1. The number of rotatable bonds is 9. The number of halogens is 1. The summed E-state index contributed by atoms with van der Waals surface area (Å²) in [4.78, 5) is 31.2. The average molecular weight is 528 g/mol. The Kier molecular flexibility index (Phi) is 10.0. The maximum atomic E-state index is 13.4. The first-order valence-electron chi connectivity index (χ1n) is 13.5. The molecule has 2 heterocycles. The number of amides is 2. The minimum Gasteiger partial charge on any atom is -0.457 e. The van der Waals surface area contributed by atoms with E-state index in [0.717, 1.165) is 44.0 Å². The van der Waals surface area contributed by atoms with E-state index in [0.29, 0.717) is 31.7 Å². The molecule has 0 bridgehead atoms. The molecule has 6 nitrogen and oxygen atoms in total. The van der Waals surface area contributed by atoms with E-state index in [-0.39, 0.29) is 24.2 Å². The van der Waals surface area contributed by atoms with Crippen LogP contribution in [0.3, 0.4) is 0 Å². The fraction of sp³-hybridized carbons (Fsp3) is 0.533. The molecular weight excluding hydrogens is 486 g/mol. The minimum absolute atomic E-state index is 0. The van der Waals surface area contributed by atoms with Gasteiger partial charge in [-0.05, 0) is 68.4 Å². The lowest BCUT2D eigenvalue weighted by atomic mass is 9.80. The Morgan fingerprint density at radius 2 is 1.59 bits per heavy atom. The zero-order valence-corrected chi connectivity index (χ0v) is 23.5. The van der Waals surface area contributed by atoms with E-state index in [4.69, 9.17) is 4.74 Å². The van der Waals surface area contributed by atoms with Gasteiger partial charge in [-0.3, -0.25) is 14.5 Å². The molecule has 7 heteroatoms. The number of ether oxygens (including phenoxy) is 1. The quantitative estimate of drug-likeness (QED) is 0.453.